The summed E-state index contributed by atoms with van der Waals surface area (Å²) in [5.74, 6) is 0.999. The Balaban J connectivity index is 1.56. The number of halogens is 1. The van der Waals surface area contributed by atoms with Gasteiger partial charge in [0.2, 0.25) is 5.91 Å². The molecule has 4 aromatic rings. The third-order valence-electron chi connectivity index (χ3n) is 4.69. The molecule has 0 saturated heterocycles. The van der Waals surface area contributed by atoms with Crippen molar-refractivity contribution in [3.63, 3.8) is 0 Å². The quantitative estimate of drug-likeness (QED) is 0.206. The van der Waals surface area contributed by atoms with Crippen molar-refractivity contribution in [2.24, 2.45) is 0 Å². The van der Waals surface area contributed by atoms with Crippen molar-refractivity contribution in [3.05, 3.63) is 87.8 Å². The number of rotatable bonds is 8. The molecule has 11 heteroatoms. The second-order valence-corrected chi connectivity index (χ2v) is 8.78. The number of aromatic nitrogens is 3. The van der Waals surface area contributed by atoms with Crippen molar-refractivity contribution in [3.8, 4) is 11.4 Å². The first kappa shape index (κ1) is 22.6. The van der Waals surface area contributed by atoms with E-state index < -0.39 is 10.2 Å². The number of anilines is 1. The fourth-order valence-corrected chi connectivity index (χ4v) is 4.02. The Labute approximate surface area is 197 Å². The number of furan rings is 1. The van der Waals surface area contributed by atoms with Crippen molar-refractivity contribution in [2.45, 2.75) is 23.9 Å². The van der Waals surface area contributed by atoms with E-state index in [2.05, 4.69) is 15.5 Å². The van der Waals surface area contributed by atoms with Gasteiger partial charge in [-0.05, 0) is 49.4 Å². The minimum absolute atomic E-state index is 0.0982. The molecule has 2 heterocycles. The average molecular weight is 484 g/mol. The Morgan fingerprint density at radius 3 is 2.70 bits per heavy atom. The molecular weight excluding hydrogens is 466 g/mol. The first-order chi connectivity index (χ1) is 15.9. The second kappa shape index (κ2) is 9.88. The zero-order chi connectivity index (χ0) is 23.4. The molecule has 9 nitrogen and oxygen atoms in total. The Kier molecular flexibility index (Phi) is 6.76. The molecule has 168 valence electrons. The van der Waals surface area contributed by atoms with Gasteiger partial charge in [0.05, 0.1) is 23.0 Å². The van der Waals surface area contributed by atoms with Crippen molar-refractivity contribution in [1.29, 1.82) is 0 Å². The largest absolute Gasteiger partial charge is 0.467 e. The number of hydrogen-bond donors (Lipinski definition) is 1. The van der Waals surface area contributed by atoms with Gasteiger partial charge in [-0.1, -0.05) is 29.4 Å². The van der Waals surface area contributed by atoms with Crippen LogP contribution < -0.4 is 5.32 Å². The van der Waals surface area contributed by atoms with Crippen LogP contribution in [0.15, 0.2) is 76.5 Å². The lowest BCUT2D eigenvalue weighted by Crippen LogP contribution is -2.23. The second-order valence-electron chi connectivity index (χ2n) is 7.04. The summed E-state index contributed by atoms with van der Waals surface area (Å²) in [6, 6.07) is 16.7. The van der Waals surface area contributed by atoms with Gasteiger partial charge < -0.3 is 9.73 Å². The molecule has 33 heavy (non-hydrogen) atoms. The number of nitro benzene ring substituents is 1. The lowest BCUT2D eigenvalue weighted by molar-refractivity contribution is -0.384. The number of nitrogens with zero attached hydrogens (tertiary/aromatic N) is 4. The van der Waals surface area contributed by atoms with Gasteiger partial charge in [-0.2, -0.15) is 0 Å². The fourth-order valence-electron chi connectivity index (χ4n) is 3.04. The summed E-state index contributed by atoms with van der Waals surface area (Å²) in [5.41, 5.74) is 1.07. The number of benzene rings is 2. The van der Waals surface area contributed by atoms with Crippen LogP contribution in [-0.4, -0.2) is 30.8 Å². The molecule has 1 atom stereocenters. The molecule has 1 N–H and O–H groups in total. The summed E-state index contributed by atoms with van der Waals surface area (Å²) in [6.07, 6.45) is 1.59. The standard InChI is InChI=1S/C22H18ClN5O4S/c1-14(21(29)24-17-4-2-5-18(12-17)28(30)31)33-22-26-25-20(15-7-9-16(23)10-8-15)27(22)13-19-6-3-11-32-19/h2-12,14H,13H2,1H3,(H,24,29). The number of carbonyl (C=O) groups is 1. The maximum absolute atomic E-state index is 12.7. The van der Waals surface area contributed by atoms with Gasteiger partial charge >= 0.3 is 0 Å². The number of nitrogens with one attached hydrogen (secondary N) is 1. The van der Waals surface area contributed by atoms with Crippen LogP contribution in [0.4, 0.5) is 11.4 Å². The Morgan fingerprint density at radius 2 is 2.00 bits per heavy atom. The van der Waals surface area contributed by atoms with E-state index in [4.69, 9.17) is 16.0 Å². The number of thioether (sulfide) groups is 1. The third kappa shape index (κ3) is 5.41. The number of nitro groups is 1. The van der Waals surface area contributed by atoms with E-state index in [1.54, 1.807) is 37.5 Å². The molecule has 0 fully saturated rings. The minimum Gasteiger partial charge on any atom is -0.467 e. The Morgan fingerprint density at radius 1 is 1.21 bits per heavy atom. The minimum atomic E-state index is -0.554. The van der Waals surface area contributed by atoms with Crippen LogP contribution >= 0.6 is 23.4 Å². The molecule has 0 aliphatic carbocycles. The predicted molar refractivity (Wildman–Crippen MR) is 125 cm³/mol. The monoisotopic (exact) mass is 483 g/mol. The summed E-state index contributed by atoms with van der Waals surface area (Å²) in [6.45, 7) is 2.10. The highest BCUT2D eigenvalue weighted by molar-refractivity contribution is 8.00. The molecule has 2 aromatic carbocycles. The Bertz CT molecular complexity index is 1270. The van der Waals surface area contributed by atoms with Crippen molar-refractivity contribution >= 4 is 40.6 Å². The van der Waals surface area contributed by atoms with Gasteiger partial charge in [0, 0.05) is 28.4 Å². The molecule has 0 aliphatic heterocycles. The Hall–Kier alpha value is -3.63. The normalized spacial score (nSPS) is 11.8. The summed E-state index contributed by atoms with van der Waals surface area (Å²) < 4.78 is 7.36. The zero-order valence-electron chi connectivity index (χ0n) is 17.3. The summed E-state index contributed by atoms with van der Waals surface area (Å²) in [4.78, 5) is 23.2. The first-order valence-corrected chi connectivity index (χ1v) is 11.1. The van der Waals surface area contributed by atoms with Crippen LogP contribution in [0.1, 0.15) is 12.7 Å². The smallest absolute Gasteiger partial charge is 0.271 e. The van der Waals surface area contributed by atoms with Crippen LogP contribution in [0.5, 0.6) is 0 Å². The van der Waals surface area contributed by atoms with E-state index in [1.165, 1.54) is 30.0 Å². The fraction of sp³-hybridized carbons (Fsp3) is 0.136. The van der Waals surface area contributed by atoms with Gasteiger partial charge in [0.15, 0.2) is 11.0 Å². The maximum Gasteiger partial charge on any atom is 0.271 e. The predicted octanol–water partition coefficient (Wildman–Crippen LogP) is 5.27. The highest BCUT2D eigenvalue weighted by atomic mass is 35.5. The molecule has 2 aromatic heterocycles. The number of amides is 1. The van der Waals surface area contributed by atoms with Crippen LogP contribution in [0.2, 0.25) is 5.02 Å². The van der Waals surface area contributed by atoms with E-state index in [0.29, 0.717) is 34.0 Å². The van der Waals surface area contributed by atoms with Crippen molar-refractivity contribution < 1.29 is 14.1 Å². The van der Waals surface area contributed by atoms with Gasteiger partial charge in [-0.15, -0.1) is 10.2 Å². The van der Waals surface area contributed by atoms with Crippen LogP contribution in [0, 0.1) is 10.1 Å². The third-order valence-corrected chi connectivity index (χ3v) is 6.02. The molecule has 1 amide bonds. The summed E-state index contributed by atoms with van der Waals surface area (Å²) >= 11 is 7.24. The van der Waals surface area contributed by atoms with E-state index in [9.17, 15) is 14.9 Å². The molecule has 0 saturated carbocycles. The molecule has 0 aliphatic rings. The van der Waals surface area contributed by atoms with Gasteiger partial charge in [0.25, 0.3) is 5.69 Å². The number of hydrogen-bond acceptors (Lipinski definition) is 7. The highest BCUT2D eigenvalue weighted by Gasteiger charge is 2.22. The van der Waals surface area contributed by atoms with E-state index in [1.807, 2.05) is 22.8 Å². The lowest BCUT2D eigenvalue weighted by atomic mass is 10.2. The number of non-ortho nitro benzene ring substituents is 1. The van der Waals surface area contributed by atoms with E-state index in [-0.39, 0.29) is 11.6 Å². The molecule has 0 spiro atoms. The topological polar surface area (TPSA) is 116 Å². The maximum atomic E-state index is 12.7. The van der Waals surface area contributed by atoms with Gasteiger partial charge in [0.1, 0.15) is 5.76 Å². The average Bonchev–Trinajstić information content (AvgIpc) is 3.45. The van der Waals surface area contributed by atoms with Gasteiger partial charge in [-0.3, -0.25) is 19.5 Å². The van der Waals surface area contributed by atoms with E-state index in [0.717, 1.165) is 5.56 Å². The zero-order valence-corrected chi connectivity index (χ0v) is 18.9. The first-order valence-electron chi connectivity index (χ1n) is 9.84. The molecule has 1 unspecified atom stereocenters. The molecule has 4 rings (SSSR count). The summed E-state index contributed by atoms with van der Waals surface area (Å²) in [7, 11) is 0. The molecular formula is C22H18ClN5O4S. The SMILES string of the molecule is CC(Sc1nnc(-c2ccc(Cl)cc2)n1Cc1ccco1)C(=O)Nc1cccc([N+](=O)[O-])c1. The van der Waals surface area contributed by atoms with Crippen molar-refractivity contribution in [1.82, 2.24) is 14.8 Å². The van der Waals surface area contributed by atoms with Crippen LogP contribution in [0.3, 0.4) is 0 Å². The number of carbonyl (C=O) groups excluding carboxylic acids is 1. The van der Waals surface area contributed by atoms with Gasteiger partial charge in [-0.25, -0.2) is 0 Å². The summed E-state index contributed by atoms with van der Waals surface area (Å²) in [5, 5.41) is 22.9. The highest BCUT2D eigenvalue weighted by Crippen LogP contribution is 2.29. The van der Waals surface area contributed by atoms with E-state index >= 15 is 0 Å². The lowest BCUT2D eigenvalue weighted by Gasteiger charge is -2.13. The molecule has 0 bridgehead atoms. The van der Waals surface area contributed by atoms with Crippen LogP contribution in [0.25, 0.3) is 11.4 Å². The molecule has 0 radical (unpaired) electrons. The van der Waals surface area contributed by atoms with Crippen molar-refractivity contribution in [2.75, 3.05) is 5.32 Å². The van der Waals surface area contributed by atoms with Crippen LogP contribution in [-0.2, 0) is 11.3 Å².